The van der Waals surface area contributed by atoms with Crippen LogP contribution in [0.3, 0.4) is 0 Å². The summed E-state index contributed by atoms with van der Waals surface area (Å²) in [6.45, 7) is 3.35. The lowest BCUT2D eigenvalue weighted by molar-refractivity contribution is 0.0372. The number of ether oxygens (including phenoxy) is 1. The van der Waals surface area contributed by atoms with Gasteiger partial charge in [0.1, 0.15) is 0 Å². The van der Waals surface area contributed by atoms with Crippen LogP contribution in [0.15, 0.2) is 29.1 Å². The first-order chi connectivity index (χ1) is 12.7. The van der Waals surface area contributed by atoms with E-state index in [2.05, 4.69) is 10.3 Å². The van der Waals surface area contributed by atoms with Crippen LogP contribution in [-0.4, -0.2) is 52.8 Å². The van der Waals surface area contributed by atoms with Crippen molar-refractivity contribution in [3.8, 4) is 0 Å². The number of carbonyl (C=O) groups is 1. The average molecular weight is 358 g/mol. The fourth-order valence-electron chi connectivity index (χ4n) is 4.16. The molecule has 0 aliphatic carbocycles. The summed E-state index contributed by atoms with van der Waals surface area (Å²) >= 11 is 0. The summed E-state index contributed by atoms with van der Waals surface area (Å²) < 4.78 is 7.45. The Morgan fingerprint density at radius 2 is 2.04 bits per heavy atom. The first-order valence-corrected chi connectivity index (χ1v) is 9.54. The van der Waals surface area contributed by atoms with Crippen molar-refractivity contribution < 1.29 is 9.53 Å². The minimum Gasteiger partial charge on any atom is -0.378 e. The van der Waals surface area contributed by atoms with Crippen molar-refractivity contribution in [2.24, 2.45) is 5.92 Å². The number of H-pyrrole nitrogens is 1. The summed E-state index contributed by atoms with van der Waals surface area (Å²) in [7, 11) is 0. The van der Waals surface area contributed by atoms with Gasteiger partial charge in [-0.15, -0.1) is 0 Å². The molecule has 2 aliphatic heterocycles. The van der Waals surface area contributed by atoms with Gasteiger partial charge in [-0.25, -0.2) is 9.59 Å². The largest absolute Gasteiger partial charge is 0.378 e. The number of para-hydroxylation sites is 2. The third kappa shape index (κ3) is 3.49. The Morgan fingerprint density at radius 1 is 1.23 bits per heavy atom. The number of benzene rings is 1. The summed E-state index contributed by atoms with van der Waals surface area (Å²) in [5, 5.41) is 2.95. The number of rotatable bonds is 4. The van der Waals surface area contributed by atoms with Crippen LogP contribution in [0.25, 0.3) is 11.0 Å². The topological polar surface area (TPSA) is 79.4 Å². The maximum atomic E-state index is 12.4. The van der Waals surface area contributed by atoms with Crippen molar-refractivity contribution in [1.29, 1.82) is 0 Å². The summed E-state index contributed by atoms with van der Waals surface area (Å²) in [5.41, 5.74) is 1.54. The van der Waals surface area contributed by atoms with E-state index in [9.17, 15) is 9.59 Å². The monoisotopic (exact) mass is 358 g/mol. The molecular weight excluding hydrogens is 332 g/mol. The molecule has 0 saturated carbocycles. The number of piperidine rings is 1. The smallest absolute Gasteiger partial charge is 0.326 e. The van der Waals surface area contributed by atoms with Crippen molar-refractivity contribution in [2.45, 2.75) is 38.3 Å². The van der Waals surface area contributed by atoms with Crippen molar-refractivity contribution in [1.82, 2.24) is 19.8 Å². The van der Waals surface area contributed by atoms with Crippen LogP contribution in [-0.2, 0) is 11.3 Å². The van der Waals surface area contributed by atoms with E-state index in [0.29, 0.717) is 25.1 Å². The highest BCUT2D eigenvalue weighted by atomic mass is 16.5. The lowest BCUT2D eigenvalue weighted by Crippen LogP contribution is -2.46. The zero-order valence-electron chi connectivity index (χ0n) is 14.9. The zero-order chi connectivity index (χ0) is 17.9. The molecule has 2 amide bonds. The third-order valence-corrected chi connectivity index (χ3v) is 5.61. The highest BCUT2D eigenvalue weighted by Crippen LogP contribution is 2.28. The number of nitrogens with one attached hydrogen (secondary N) is 2. The summed E-state index contributed by atoms with van der Waals surface area (Å²) in [6, 6.07) is 7.55. The Balaban J connectivity index is 1.26. The molecule has 2 N–H and O–H groups in total. The molecule has 1 aromatic carbocycles. The number of aromatic amines is 1. The molecule has 1 aromatic heterocycles. The quantitative estimate of drug-likeness (QED) is 0.876. The molecule has 0 spiro atoms. The SMILES string of the molecule is O=C(NCCn1c(=O)[nH]c2ccccc21)N1CCC(C2CCCO2)CC1. The van der Waals surface area contributed by atoms with Crippen molar-refractivity contribution in [2.75, 3.05) is 26.2 Å². The Kier molecular flexibility index (Phi) is 4.97. The second kappa shape index (κ2) is 7.53. The van der Waals surface area contributed by atoms with Crippen molar-refractivity contribution in [3.05, 3.63) is 34.7 Å². The van der Waals surface area contributed by atoms with Crippen LogP contribution in [0.5, 0.6) is 0 Å². The minimum atomic E-state index is -0.141. The van der Waals surface area contributed by atoms with Gasteiger partial charge in [-0.3, -0.25) is 4.57 Å². The van der Waals surface area contributed by atoms with E-state index in [1.54, 1.807) is 4.57 Å². The molecule has 4 rings (SSSR count). The van der Waals surface area contributed by atoms with Gasteiger partial charge >= 0.3 is 11.7 Å². The molecule has 3 heterocycles. The number of aromatic nitrogens is 2. The molecule has 0 radical (unpaired) electrons. The summed E-state index contributed by atoms with van der Waals surface area (Å²) in [4.78, 5) is 29.2. The predicted molar refractivity (Wildman–Crippen MR) is 99.2 cm³/mol. The molecule has 2 aromatic rings. The maximum Gasteiger partial charge on any atom is 0.326 e. The van der Waals surface area contributed by atoms with E-state index in [-0.39, 0.29) is 11.7 Å². The molecule has 26 heavy (non-hydrogen) atoms. The average Bonchev–Trinajstić information content (AvgIpc) is 3.30. The normalized spacial score (nSPS) is 21.4. The second-order valence-electron chi connectivity index (χ2n) is 7.21. The van der Waals surface area contributed by atoms with Gasteiger partial charge in [0, 0.05) is 32.8 Å². The van der Waals surface area contributed by atoms with Gasteiger partial charge < -0.3 is 19.9 Å². The van der Waals surface area contributed by atoms with E-state index in [0.717, 1.165) is 50.0 Å². The van der Waals surface area contributed by atoms with Crippen molar-refractivity contribution >= 4 is 17.1 Å². The van der Waals surface area contributed by atoms with Crippen LogP contribution in [0.2, 0.25) is 0 Å². The van der Waals surface area contributed by atoms with Crippen LogP contribution in [0, 0.1) is 5.92 Å². The number of urea groups is 1. The summed E-state index contributed by atoms with van der Waals surface area (Å²) in [5.74, 6) is 0.589. The molecule has 1 unspecified atom stereocenters. The van der Waals surface area contributed by atoms with Crippen LogP contribution < -0.4 is 11.0 Å². The zero-order valence-corrected chi connectivity index (χ0v) is 14.9. The number of hydrogen-bond acceptors (Lipinski definition) is 3. The predicted octanol–water partition coefficient (Wildman–Crippen LogP) is 1.93. The molecule has 0 bridgehead atoms. The van der Waals surface area contributed by atoms with Crippen LogP contribution in [0.4, 0.5) is 4.79 Å². The van der Waals surface area contributed by atoms with E-state index in [4.69, 9.17) is 4.74 Å². The molecule has 1 atom stereocenters. The minimum absolute atomic E-state index is 0.0383. The van der Waals surface area contributed by atoms with Gasteiger partial charge in [-0.2, -0.15) is 0 Å². The van der Waals surface area contributed by atoms with E-state index in [1.807, 2.05) is 29.2 Å². The lowest BCUT2D eigenvalue weighted by atomic mass is 9.90. The Labute approximate surface area is 152 Å². The van der Waals surface area contributed by atoms with Gasteiger partial charge in [0.25, 0.3) is 0 Å². The van der Waals surface area contributed by atoms with Gasteiger partial charge in [0.2, 0.25) is 0 Å². The fourth-order valence-corrected chi connectivity index (χ4v) is 4.16. The number of imidazole rings is 1. The van der Waals surface area contributed by atoms with Gasteiger partial charge in [-0.1, -0.05) is 12.1 Å². The number of amides is 2. The number of hydrogen-bond donors (Lipinski definition) is 2. The molecule has 2 fully saturated rings. The molecule has 2 aliphatic rings. The second-order valence-corrected chi connectivity index (χ2v) is 7.21. The Morgan fingerprint density at radius 3 is 2.81 bits per heavy atom. The van der Waals surface area contributed by atoms with Crippen LogP contribution >= 0.6 is 0 Å². The highest BCUT2D eigenvalue weighted by molar-refractivity contribution is 5.75. The Bertz CT molecular complexity index is 814. The molecule has 140 valence electrons. The summed E-state index contributed by atoms with van der Waals surface area (Å²) in [6.07, 6.45) is 4.75. The van der Waals surface area contributed by atoms with Gasteiger partial charge in [0.15, 0.2) is 0 Å². The molecule has 7 nitrogen and oxygen atoms in total. The highest BCUT2D eigenvalue weighted by Gasteiger charge is 2.30. The molecular formula is C19H26N4O3. The standard InChI is InChI=1S/C19H26N4O3/c24-18(22-10-7-14(8-11-22)17-6-3-13-26-17)20-9-12-23-16-5-2-1-4-15(16)21-19(23)25/h1-2,4-5,14,17H,3,6-13H2,(H,20,24)(H,21,25). The lowest BCUT2D eigenvalue weighted by Gasteiger charge is -2.34. The first kappa shape index (κ1) is 17.1. The third-order valence-electron chi connectivity index (χ3n) is 5.61. The number of nitrogens with zero attached hydrogens (tertiary/aromatic N) is 2. The van der Waals surface area contributed by atoms with Crippen LogP contribution in [0.1, 0.15) is 25.7 Å². The van der Waals surface area contributed by atoms with E-state index in [1.165, 1.54) is 6.42 Å². The Hall–Kier alpha value is -2.28. The number of fused-ring (bicyclic) bond motifs is 1. The number of likely N-dealkylation sites (tertiary alicyclic amines) is 1. The molecule has 2 saturated heterocycles. The van der Waals surface area contributed by atoms with Crippen molar-refractivity contribution in [3.63, 3.8) is 0 Å². The number of carbonyl (C=O) groups excluding carboxylic acids is 1. The van der Waals surface area contributed by atoms with E-state index >= 15 is 0 Å². The van der Waals surface area contributed by atoms with Gasteiger partial charge in [0.05, 0.1) is 17.1 Å². The molecule has 7 heteroatoms. The van der Waals surface area contributed by atoms with E-state index < -0.39 is 0 Å². The van der Waals surface area contributed by atoms with Gasteiger partial charge in [-0.05, 0) is 43.7 Å². The fraction of sp³-hybridized carbons (Fsp3) is 0.579. The first-order valence-electron chi connectivity index (χ1n) is 9.54. The maximum absolute atomic E-state index is 12.4.